The molecule has 0 bridgehead atoms. The number of rotatable bonds is 6. The molecule has 0 radical (unpaired) electrons. The molecule has 4 N–H and O–H groups in total. The van der Waals surface area contributed by atoms with E-state index in [2.05, 4.69) is 20.6 Å². The van der Waals surface area contributed by atoms with Crippen LogP contribution in [-0.2, 0) is 21.9 Å². The highest BCUT2D eigenvalue weighted by Crippen LogP contribution is 2.34. The highest BCUT2D eigenvalue weighted by atomic mass is 32.2. The normalized spacial score (nSPS) is 18.9. The molecule has 11 heteroatoms. The number of nitrogens with two attached hydrogens (primary N) is 1. The number of benzene rings is 1. The summed E-state index contributed by atoms with van der Waals surface area (Å²) >= 11 is 0. The van der Waals surface area contributed by atoms with Crippen LogP contribution >= 0.6 is 0 Å². The predicted octanol–water partition coefficient (Wildman–Crippen LogP) is 2.09. The summed E-state index contributed by atoms with van der Waals surface area (Å²) in [5, 5.41) is 18.1. The number of nitrogens with zero attached hydrogens (tertiary/aromatic N) is 3. The predicted molar refractivity (Wildman–Crippen MR) is 117 cm³/mol. The third-order valence-electron chi connectivity index (χ3n) is 5.74. The molecule has 168 valence electrons. The van der Waals surface area contributed by atoms with E-state index < -0.39 is 32.8 Å². The smallest absolute Gasteiger partial charge is 0.259 e. The molecule has 1 saturated carbocycles. The zero-order valence-corrected chi connectivity index (χ0v) is 18.3. The number of anilines is 1. The third-order valence-corrected chi connectivity index (χ3v) is 6.58. The first-order chi connectivity index (χ1) is 15.2. The Morgan fingerprint density at radius 1 is 1.12 bits per heavy atom. The molecule has 3 aromatic rings. The zero-order chi connectivity index (χ0) is 22.9. The average Bonchev–Trinajstić information content (AvgIpc) is 3.43. The summed E-state index contributed by atoms with van der Waals surface area (Å²) in [4.78, 5) is 26.3. The molecule has 0 saturated heterocycles. The minimum absolute atomic E-state index is 0.0145. The highest BCUT2D eigenvalue weighted by Gasteiger charge is 2.37. The van der Waals surface area contributed by atoms with Crippen molar-refractivity contribution in [2.45, 2.75) is 30.7 Å². The zero-order valence-electron chi connectivity index (χ0n) is 17.5. The lowest BCUT2D eigenvalue weighted by Crippen LogP contribution is -2.36. The number of carbonyl (C=O) groups is 2. The van der Waals surface area contributed by atoms with Gasteiger partial charge in [-0.25, -0.2) is 13.6 Å². The molecule has 1 fully saturated rings. The topological polar surface area (TPSA) is 153 Å². The first kappa shape index (κ1) is 21.9. The molecular formula is C21H24N6O4S. The van der Waals surface area contributed by atoms with Gasteiger partial charge in [0, 0.05) is 36.8 Å². The molecule has 2 atom stereocenters. The van der Waals surface area contributed by atoms with E-state index in [9.17, 15) is 18.0 Å². The lowest BCUT2D eigenvalue weighted by Gasteiger charge is -2.29. The van der Waals surface area contributed by atoms with Crippen molar-refractivity contribution in [3.63, 3.8) is 0 Å². The van der Waals surface area contributed by atoms with E-state index in [0.29, 0.717) is 18.4 Å². The summed E-state index contributed by atoms with van der Waals surface area (Å²) in [6.45, 7) is 0. The molecule has 2 heterocycles. The van der Waals surface area contributed by atoms with Crippen LogP contribution in [0.1, 0.15) is 36.0 Å². The number of aryl methyl sites for hydroxylation is 1. The van der Waals surface area contributed by atoms with Gasteiger partial charge >= 0.3 is 0 Å². The summed E-state index contributed by atoms with van der Waals surface area (Å²) in [5.41, 5.74) is 2.30. The Bertz CT molecular complexity index is 1230. The number of hydrogen-bond acceptors (Lipinski definition) is 6. The molecule has 1 amide bonds. The van der Waals surface area contributed by atoms with Gasteiger partial charge in [0.1, 0.15) is 5.69 Å². The quantitative estimate of drug-likeness (QED) is 0.483. The van der Waals surface area contributed by atoms with Crippen molar-refractivity contribution < 1.29 is 18.0 Å². The van der Waals surface area contributed by atoms with Gasteiger partial charge < -0.3 is 5.32 Å². The number of sulfonamides is 1. The Hall–Kier alpha value is -3.31. The van der Waals surface area contributed by atoms with E-state index >= 15 is 0 Å². The van der Waals surface area contributed by atoms with Crippen LogP contribution in [0.4, 0.5) is 5.69 Å². The number of Topliss-reactive ketones (excluding diaryl/α,β-unsaturated/α-hetero) is 1. The number of hydrogen-bond donors (Lipinski definition) is 3. The van der Waals surface area contributed by atoms with E-state index in [4.69, 9.17) is 5.14 Å². The summed E-state index contributed by atoms with van der Waals surface area (Å²) in [6.07, 6.45) is 5.83. The van der Waals surface area contributed by atoms with Gasteiger partial charge in [0.25, 0.3) is 10.0 Å². The summed E-state index contributed by atoms with van der Waals surface area (Å²) in [5.74, 6) is -1.57. The number of aromatic amines is 1. The molecule has 1 aromatic carbocycles. The lowest BCUT2D eigenvalue weighted by atomic mass is 9.75. The fourth-order valence-corrected chi connectivity index (χ4v) is 4.85. The molecule has 10 nitrogen and oxygen atoms in total. The maximum Gasteiger partial charge on any atom is 0.259 e. The largest absolute Gasteiger partial charge is 0.322 e. The van der Waals surface area contributed by atoms with Crippen LogP contribution in [-0.4, -0.2) is 40.1 Å². The van der Waals surface area contributed by atoms with Crippen molar-refractivity contribution in [3.05, 3.63) is 48.3 Å². The first-order valence-electron chi connectivity index (χ1n) is 10.3. The van der Waals surface area contributed by atoms with Crippen LogP contribution in [0, 0.1) is 11.8 Å². The molecule has 1 aliphatic carbocycles. The van der Waals surface area contributed by atoms with E-state index in [1.165, 1.54) is 17.9 Å². The Kier molecular flexibility index (Phi) is 5.94. The summed E-state index contributed by atoms with van der Waals surface area (Å²) in [6, 6.07) is 9.02. The second kappa shape index (κ2) is 8.67. The molecule has 4 rings (SSSR count). The molecule has 32 heavy (non-hydrogen) atoms. The first-order valence-corrected chi connectivity index (χ1v) is 11.8. The van der Waals surface area contributed by atoms with Gasteiger partial charge in [0.15, 0.2) is 5.78 Å². The van der Waals surface area contributed by atoms with Gasteiger partial charge in [-0.1, -0.05) is 37.1 Å². The van der Waals surface area contributed by atoms with Crippen LogP contribution in [0.5, 0.6) is 0 Å². The SMILES string of the molecule is Cn1cc(NC(=O)C2CCCCC2C(=O)c2ccc(-c3ccn[nH]3)cc2)c(S(N)(=O)=O)n1. The van der Waals surface area contributed by atoms with Crippen LogP contribution < -0.4 is 10.5 Å². The van der Waals surface area contributed by atoms with E-state index in [1.807, 2.05) is 18.2 Å². The van der Waals surface area contributed by atoms with E-state index in [0.717, 1.165) is 24.1 Å². The second-order valence-corrected chi connectivity index (χ2v) is 9.44. The maximum absolute atomic E-state index is 13.3. The van der Waals surface area contributed by atoms with Crippen molar-refractivity contribution in [3.8, 4) is 11.3 Å². The Balaban J connectivity index is 1.54. The number of amides is 1. The molecule has 1 aliphatic rings. The van der Waals surface area contributed by atoms with Crippen molar-refractivity contribution in [1.82, 2.24) is 20.0 Å². The van der Waals surface area contributed by atoms with E-state index in [-0.39, 0.29) is 11.5 Å². The molecular weight excluding hydrogens is 432 g/mol. The maximum atomic E-state index is 13.3. The van der Waals surface area contributed by atoms with Crippen LogP contribution in [0.15, 0.2) is 47.8 Å². The molecule has 2 unspecified atom stereocenters. The number of carbonyl (C=O) groups excluding carboxylic acids is 2. The van der Waals surface area contributed by atoms with E-state index in [1.54, 1.807) is 18.3 Å². The van der Waals surface area contributed by atoms with Gasteiger partial charge in [-0.2, -0.15) is 10.2 Å². The van der Waals surface area contributed by atoms with Crippen LogP contribution in [0.2, 0.25) is 0 Å². The number of primary sulfonamides is 1. The fraction of sp³-hybridized carbons (Fsp3) is 0.333. The second-order valence-electron chi connectivity index (χ2n) is 7.97. The van der Waals surface area contributed by atoms with Crippen LogP contribution in [0.25, 0.3) is 11.3 Å². The Morgan fingerprint density at radius 3 is 2.44 bits per heavy atom. The summed E-state index contributed by atoms with van der Waals surface area (Å²) in [7, 11) is -2.57. The lowest BCUT2D eigenvalue weighted by molar-refractivity contribution is -0.122. The average molecular weight is 457 g/mol. The van der Waals surface area contributed by atoms with Gasteiger partial charge in [-0.3, -0.25) is 19.4 Å². The molecule has 0 spiro atoms. The molecule has 0 aliphatic heterocycles. The standard InChI is InChI=1S/C21H24N6O4S/c1-27-12-18(21(26-27)32(22,30)31)24-20(29)16-5-3-2-4-15(16)19(28)14-8-6-13(7-9-14)17-10-11-23-25-17/h6-12,15-16H,2-5H2,1H3,(H,23,25)(H,24,29)(H2,22,30,31). The van der Waals surface area contributed by atoms with Gasteiger partial charge in [0.05, 0.1) is 5.69 Å². The number of H-pyrrole nitrogens is 1. The monoisotopic (exact) mass is 456 g/mol. The summed E-state index contributed by atoms with van der Waals surface area (Å²) < 4.78 is 24.8. The highest BCUT2D eigenvalue weighted by molar-refractivity contribution is 7.89. The van der Waals surface area contributed by atoms with Gasteiger partial charge in [-0.05, 0) is 24.5 Å². The number of nitrogens with one attached hydrogen (secondary N) is 2. The van der Waals surface area contributed by atoms with Crippen LogP contribution in [0.3, 0.4) is 0 Å². The van der Waals surface area contributed by atoms with Crippen molar-refractivity contribution >= 4 is 27.4 Å². The number of ketones is 1. The Labute approximate surface area is 185 Å². The Morgan fingerprint density at radius 2 is 1.81 bits per heavy atom. The fourth-order valence-electron chi connectivity index (χ4n) is 4.19. The van der Waals surface area contributed by atoms with Gasteiger partial charge in [0.2, 0.25) is 10.9 Å². The number of aromatic nitrogens is 4. The minimum Gasteiger partial charge on any atom is -0.322 e. The van der Waals surface area contributed by atoms with Gasteiger partial charge in [-0.15, -0.1) is 0 Å². The van der Waals surface area contributed by atoms with Crippen molar-refractivity contribution in [2.75, 3.05) is 5.32 Å². The third kappa shape index (κ3) is 4.48. The van der Waals surface area contributed by atoms with Crippen molar-refractivity contribution in [1.29, 1.82) is 0 Å². The van der Waals surface area contributed by atoms with Crippen molar-refractivity contribution in [2.24, 2.45) is 24.0 Å². The molecule has 2 aromatic heterocycles. The minimum atomic E-state index is -4.11.